The molecule has 2 unspecified atom stereocenters. The van der Waals surface area contributed by atoms with E-state index in [2.05, 4.69) is 5.32 Å². The molecule has 1 aromatic carbocycles. The Labute approximate surface area is 125 Å². The monoisotopic (exact) mass is 289 g/mol. The van der Waals surface area contributed by atoms with Gasteiger partial charge in [0.25, 0.3) is 5.91 Å². The number of benzene rings is 1. The van der Waals surface area contributed by atoms with Gasteiger partial charge in [-0.25, -0.2) is 0 Å². The summed E-state index contributed by atoms with van der Waals surface area (Å²) in [7, 11) is 3.93. The van der Waals surface area contributed by atoms with Crippen LogP contribution in [-0.2, 0) is 9.59 Å². The number of carbonyl (C=O) groups excluding carboxylic acids is 2. The molecule has 1 fully saturated rings. The summed E-state index contributed by atoms with van der Waals surface area (Å²) in [6, 6.07) is 7.18. The Morgan fingerprint density at radius 3 is 2.29 bits per heavy atom. The molecular formula is C16H23N3O2. The molecule has 1 saturated heterocycles. The van der Waals surface area contributed by atoms with E-state index >= 15 is 0 Å². The molecule has 1 aromatic rings. The van der Waals surface area contributed by atoms with Gasteiger partial charge in [-0.15, -0.1) is 0 Å². The first-order valence-electron chi connectivity index (χ1n) is 7.23. The molecule has 2 rings (SSSR count). The van der Waals surface area contributed by atoms with E-state index in [1.807, 2.05) is 50.2 Å². The van der Waals surface area contributed by atoms with Crippen molar-refractivity contribution in [3.63, 3.8) is 0 Å². The highest BCUT2D eigenvalue weighted by atomic mass is 16.2. The van der Waals surface area contributed by atoms with Gasteiger partial charge in [0.1, 0.15) is 11.6 Å². The Morgan fingerprint density at radius 1 is 1.24 bits per heavy atom. The van der Waals surface area contributed by atoms with E-state index in [9.17, 15) is 9.59 Å². The summed E-state index contributed by atoms with van der Waals surface area (Å²) in [5.74, 6) is -0.176. The molecule has 5 nitrogen and oxygen atoms in total. The topological polar surface area (TPSA) is 52.7 Å². The van der Waals surface area contributed by atoms with Gasteiger partial charge in [-0.3, -0.25) is 14.5 Å². The molecule has 1 aliphatic heterocycles. The van der Waals surface area contributed by atoms with Crippen LogP contribution in [0.3, 0.4) is 0 Å². The Balaban J connectivity index is 2.39. The number of anilines is 2. The Bertz CT molecular complexity index is 553. The minimum atomic E-state index is -0.830. The third-order valence-corrected chi connectivity index (χ3v) is 4.21. The summed E-state index contributed by atoms with van der Waals surface area (Å²) in [4.78, 5) is 28.5. The van der Waals surface area contributed by atoms with Gasteiger partial charge in [0.2, 0.25) is 5.91 Å². The van der Waals surface area contributed by atoms with Gasteiger partial charge in [-0.2, -0.15) is 0 Å². The predicted molar refractivity (Wildman–Crippen MR) is 84.6 cm³/mol. The SMILES string of the molecule is CCC1(C)NC(=O)C(C)N(c2ccc(N(C)C)cc2)C1=O. The van der Waals surface area contributed by atoms with Crippen molar-refractivity contribution >= 4 is 23.2 Å². The minimum Gasteiger partial charge on any atom is -0.378 e. The lowest BCUT2D eigenvalue weighted by molar-refractivity contribution is -0.137. The van der Waals surface area contributed by atoms with Gasteiger partial charge < -0.3 is 10.2 Å². The Kier molecular flexibility index (Phi) is 3.94. The van der Waals surface area contributed by atoms with Crippen LogP contribution < -0.4 is 15.1 Å². The fraction of sp³-hybridized carbons (Fsp3) is 0.500. The summed E-state index contributed by atoms with van der Waals surface area (Å²) in [5, 5.41) is 2.83. The predicted octanol–water partition coefficient (Wildman–Crippen LogP) is 1.77. The molecule has 2 amide bonds. The lowest BCUT2D eigenvalue weighted by Gasteiger charge is -2.43. The molecule has 0 aliphatic carbocycles. The van der Waals surface area contributed by atoms with Gasteiger partial charge in [-0.05, 0) is 44.5 Å². The smallest absolute Gasteiger partial charge is 0.253 e. The zero-order valence-electron chi connectivity index (χ0n) is 13.3. The van der Waals surface area contributed by atoms with Gasteiger partial charge in [0.15, 0.2) is 0 Å². The highest BCUT2D eigenvalue weighted by Gasteiger charge is 2.45. The second kappa shape index (κ2) is 5.39. The summed E-state index contributed by atoms with van der Waals surface area (Å²) < 4.78 is 0. The van der Waals surface area contributed by atoms with Gasteiger partial charge in [0.05, 0.1) is 0 Å². The van der Waals surface area contributed by atoms with Crippen molar-refractivity contribution in [3.05, 3.63) is 24.3 Å². The minimum absolute atomic E-state index is 0.0605. The van der Waals surface area contributed by atoms with Crippen molar-refractivity contribution in [2.24, 2.45) is 0 Å². The van der Waals surface area contributed by atoms with Crippen molar-refractivity contribution in [1.82, 2.24) is 5.32 Å². The van der Waals surface area contributed by atoms with Crippen LogP contribution in [0.5, 0.6) is 0 Å². The summed E-state index contributed by atoms with van der Waals surface area (Å²) in [5.41, 5.74) is 0.982. The number of nitrogens with one attached hydrogen (secondary N) is 1. The number of piperazine rings is 1. The fourth-order valence-electron chi connectivity index (χ4n) is 2.48. The maximum atomic E-state index is 12.8. The normalized spacial score (nSPS) is 25.8. The molecular weight excluding hydrogens is 266 g/mol. The molecule has 2 atom stereocenters. The van der Waals surface area contributed by atoms with Gasteiger partial charge in [-0.1, -0.05) is 6.92 Å². The van der Waals surface area contributed by atoms with Gasteiger partial charge in [0, 0.05) is 25.5 Å². The van der Waals surface area contributed by atoms with Crippen LogP contribution in [0.25, 0.3) is 0 Å². The highest BCUT2D eigenvalue weighted by molar-refractivity contribution is 6.10. The largest absolute Gasteiger partial charge is 0.378 e. The zero-order chi connectivity index (χ0) is 15.8. The lowest BCUT2D eigenvalue weighted by atomic mass is 9.91. The average Bonchev–Trinajstić information content (AvgIpc) is 2.46. The van der Waals surface area contributed by atoms with Crippen LogP contribution in [0.4, 0.5) is 11.4 Å². The van der Waals surface area contributed by atoms with E-state index in [0.717, 1.165) is 11.4 Å². The molecule has 1 heterocycles. The standard InChI is InChI=1S/C16H23N3O2/c1-6-16(3)15(21)19(11(2)14(20)17-16)13-9-7-12(8-10-13)18(4)5/h7-11H,6H2,1-5H3,(H,17,20). The van der Waals surface area contributed by atoms with Gasteiger partial charge >= 0.3 is 0 Å². The van der Waals surface area contributed by atoms with E-state index in [1.54, 1.807) is 18.7 Å². The summed E-state index contributed by atoms with van der Waals surface area (Å²) >= 11 is 0. The molecule has 114 valence electrons. The zero-order valence-corrected chi connectivity index (χ0v) is 13.3. The third kappa shape index (κ3) is 2.60. The Morgan fingerprint density at radius 2 is 1.81 bits per heavy atom. The molecule has 0 spiro atoms. The molecule has 21 heavy (non-hydrogen) atoms. The van der Waals surface area contributed by atoms with Crippen LogP contribution >= 0.6 is 0 Å². The van der Waals surface area contributed by atoms with Crippen molar-refractivity contribution in [3.8, 4) is 0 Å². The number of hydrogen-bond acceptors (Lipinski definition) is 3. The number of amides is 2. The summed E-state index contributed by atoms with van der Waals surface area (Å²) in [6.45, 7) is 5.43. The van der Waals surface area contributed by atoms with Crippen LogP contribution in [0.15, 0.2) is 24.3 Å². The second-order valence-corrected chi connectivity index (χ2v) is 5.94. The molecule has 1 aliphatic rings. The number of nitrogens with zero attached hydrogens (tertiary/aromatic N) is 2. The Hall–Kier alpha value is -2.04. The molecule has 5 heteroatoms. The number of carbonyl (C=O) groups is 2. The lowest BCUT2D eigenvalue weighted by Crippen LogP contribution is -2.68. The van der Waals surface area contributed by atoms with E-state index < -0.39 is 11.6 Å². The number of rotatable bonds is 3. The third-order valence-electron chi connectivity index (χ3n) is 4.21. The average molecular weight is 289 g/mol. The fourth-order valence-corrected chi connectivity index (χ4v) is 2.48. The van der Waals surface area contributed by atoms with Crippen molar-refractivity contribution in [1.29, 1.82) is 0 Å². The first-order chi connectivity index (χ1) is 9.80. The van der Waals surface area contributed by atoms with Crippen LogP contribution in [0, 0.1) is 0 Å². The molecule has 0 saturated carbocycles. The highest BCUT2D eigenvalue weighted by Crippen LogP contribution is 2.28. The molecule has 0 aromatic heterocycles. The maximum absolute atomic E-state index is 12.8. The van der Waals surface area contributed by atoms with Crippen LogP contribution in [-0.4, -0.2) is 37.5 Å². The van der Waals surface area contributed by atoms with Crippen LogP contribution in [0.1, 0.15) is 27.2 Å². The quantitative estimate of drug-likeness (QED) is 0.922. The van der Waals surface area contributed by atoms with E-state index in [-0.39, 0.29) is 11.8 Å². The van der Waals surface area contributed by atoms with E-state index in [1.165, 1.54) is 0 Å². The molecule has 0 bridgehead atoms. The number of hydrogen-bond donors (Lipinski definition) is 1. The van der Waals surface area contributed by atoms with Crippen molar-refractivity contribution in [2.45, 2.75) is 38.8 Å². The molecule has 1 N–H and O–H groups in total. The van der Waals surface area contributed by atoms with Crippen molar-refractivity contribution < 1.29 is 9.59 Å². The second-order valence-electron chi connectivity index (χ2n) is 5.94. The first kappa shape index (κ1) is 15.4. The maximum Gasteiger partial charge on any atom is 0.253 e. The van der Waals surface area contributed by atoms with E-state index in [4.69, 9.17) is 0 Å². The van der Waals surface area contributed by atoms with Crippen LogP contribution in [0.2, 0.25) is 0 Å². The summed E-state index contributed by atoms with van der Waals surface area (Å²) in [6.07, 6.45) is 0.566. The van der Waals surface area contributed by atoms with Crippen molar-refractivity contribution in [2.75, 3.05) is 23.9 Å². The molecule has 0 radical (unpaired) electrons. The van der Waals surface area contributed by atoms with E-state index in [0.29, 0.717) is 6.42 Å². The first-order valence-corrected chi connectivity index (χ1v) is 7.23.